The smallest absolute Gasteiger partial charge is 0.255 e. The molecule has 2 fully saturated rings. The standard InChI is InChI=1S/C26H29F3N2O3/c1-15(9-17-12-22(28)23(29)13-21(17)27)16-10-18-7-8-19(11-16)31(18)25(32)14-30-26(33)20-5-3-4-6-24(20)34-2/h3-6,12-13,15-16,18-19H,7-11,14H2,1-2H3,(H,30,33)/t15-,16?,18-,19+/m1/s1. The number of amides is 2. The van der Waals surface area contributed by atoms with E-state index in [2.05, 4.69) is 5.32 Å². The van der Waals surface area contributed by atoms with Crippen molar-refractivity contribution < 1.29 is 27.5 Å². The summed E-state index contributed by atoms with van der Waals surface area (Å²) < 4.78 is 46.1. The van der Waals surface area contributed by atoms with Crippen molar-refractivity contribution in [2.75, 3.05) is 13.7 Å². The molecule has 0 saturated carbocycles. The van der Waals surface area contributed by atoms with Gasteiger partial charge < -0.3 is 15.0 Å². The van der Waals surface area contributed by atoms with Gasteiger partial charge in [-0.25, -0.2) is 13.2 Å². The number of para-hydroxylation sites is 1. The van der Waals surface area contributed by atoms with Gasteiger partial charge in [-0.15, -0.1) is 0 Å². The minimum Gasteiger partial charge on any atom is -0.496 e. The molecular formula is C26H29F3N2O3. The molecular weight excluding hydrogens is 445 g/mol. The van der Waals surface area contributed by atoms with Crippen LogP contribution in [0.3, 0.4) is 0 Å². The number of carbonyl (C=O) groups excluding carboxylic acids is 2. The summed E-state index contributed by atoms with van der Waals surface area (Å²) >= 11 is 0. The Labute approximate surface area is 197 Å². The summed E-state index contributed by atoms with van der Waals surface area (Å²) in [5.41, 5.74) is 0.550. The molecule has 2 aliphatic heterocycles. The molecule has 1 unspecified atom stereocenters. The van der Waals surface area contributed by atoms with Crippen molar-refractivity contribution >= 4 is 11.8 Å². The first-order valence-electron chi connectivity index (χ1n) is 11.6. The van der Waals surface area contributed by atoms with Crippen LogP contribution in [0.2, 0.25) is 0 Å². The van der Waals surface area contributed by atoms with Gasteiger partial charge in [0.05, 0.1) is 19.2 Å². The predicted octanol–water partition coefficient (Wildman–Crippen LogP) is 4.49. The van der Waals surface area contributed by atoms with Crippen LogP contribution < -0.4 is 10.1 Å². The third-order valence-electron chi connectivity index (χ3n) is 7.25. The van der Waals surface area contributed by atoms with E-state index >= 15 is 0 Å². The highest BCUT2D eigenvalue weighted by atomic mass is 19.2. The number of ether oxygens (including phenoxy) is 1. The Hall–Kier alpha value is -3.03. The van der Waals surface area contributed by atoms with Crippen LogP contribution in [0, 0.1) is 29.3 Å². The van der Waals surface area contributed by atoms with Crippen molar-refractivity contribution in [1.29, 1.82) is 0 Å². The third-order valence-corrected chi connectivity index (χ3v) is 7.25. The fraction of sp³-hybridized carbons (Fsp3) is 0.462. The fourth-order valence-electron chi connectivity index (χ4n) is 5.50. The number of carbonyl (C=O) groups is 2. The van der Waals surface area contributed by atoms with Crippen LogP contribution in [0.15, 0.2) is 36.4 Å². The van der Waals surface area contributed by atoms with Crippen LogP contribution in [0.25, 0.3) is 0 Å². The summed E-state index contributed by atoms with van der Waals surface area (Å²) in [6, 6.07) is 8.51. The molecule has 2 amide bonds. The normalized spacial score (nSPS) is 22.4. The van der Waals surface area contributed by atoms with Gasteiger partial charge in [0.1, 0.15) is 11.6 Å². The fourth-order valence-corrected chi connectivity index (χ4v) is 5.50. The molecule has 2 aliphatic rings. The summed E-state index contributed by atoms with van der Waals surface area (Å²) in [4.78, 5) is 27.4. The molecule has 0 radical (unpaired) electrons. The van der Waals surface area contributed by atoms with E-state index in [1.807, 2.05) is 11.8 Å². The summed E-state index contributed by atoms with van der Waals surface area (Å²) in [6.45, 7) is 1.90. The molecule has 2 heterocycles. The first-order valence-corrected chi connectivity index (χ1v) is 11.6. The summed E-state index contributed by atoms with van der Waals surface area (Å²) in [5.74, 6) is -2.69. The zero-order chi connectivity index (χ0) is 24.4. The minimum absolute atomic E-state index is 0.0601. The van der Waals surface area contributed by atoms with Gasteiger partial charge >= 0.3 is 0 Å². The average Bonchev–Trinajstić information content (AvgIpc) is 3.09. The zero-order valence-electron chi connectivity index (χ0n) is 19.3. The third kappa shape index (κ3) is 4.91. The number of nitrogens with one attached hydrogen (secondary N) is 1. The van der Waals surface area contributed by atoms with E-state index in [0.717, 1.165) is 31.7 Å². The van der Waals surface area contributed by atoms with Gasteiger partial charge in [-0.1, -0.05) is 19.1 Å². The maximum Gasteiger partial charge on any atom is 0.255 e. The number of rotatable bonds is 7. The van der Waals surface area contributed by atoms with E-state index in [1.54, 1.807) is 24.3 Å². The second-order valence-corrected chi connectivity index (χ2v) is 9.34. The quantitative estimate of drug-likeness (QED) is 0.602. The molecule has 182 valence electrons. The molecule has 2 bridgehead atoms. The number of hydrogen-bond donors (Lipinski definition) is 1. The number of piperidine rings is 1. The van der Waals surface area contributed by atoms with Crippen molar-refractivity contribution in [3.8, 4) is 5.75 Å². The maximum absolute atomic E-state index is 14.1. The lowest BCUT2D eigenvalue weighted by Gasteiger charge is -2.41. The van der Waals surface area contributed by atoms with Crippen molar-refractivity contribution in [3.63, 3.8) is 0 Å². The van der Waals surface area contributed by atoms with Crippen molar-refractivity contribution in [2.45, 2.75) is 51.1 Å². The Morgan fingerprint density at radius 2 is 1.71 bits per heavy atom. The van der Waals surface area contributed by atoms with E-state index in [0.29, 0.717) is 23.8 Å². The maximum atomic E-state index is 14.1. The van der Waals surface area contributed by atoms with E-state index in [-0.39, 0.29) is 47.8 Å². The lowest BCUT2D eigenvalue weighted by Crippen LogP contribution is -2.51. The SMILES string of the molecule is COc1ccccc1C(=O)NCC(=O)N1[C@@H]2CC[C@H]1CC([C@H](C)Cc1cc(F)c(F)cc1F)C2. The second kappa shape index (κ2) is 10.1. The Kier molecular flexibility index (Phi) is 7.14. The van der Waals surface area contributed by atoms with Gasteiger partial charge in [0.2, 0.25) is 5.91 Å². The summed E-state index contributed by atoms with van der Waals surface area (Å²) in [7, 11) is 1.49. The van der Waals surface area contributed by atoms with Gasteiger partial charge in [0.15, 0.2) is 11.6 Å². The monoisotopic (exact) mass is 474 g/mol. The van der Waals surface area contributed by atoms with Crippen LogP contribution in [-0.2, 0) is 11.2 Å². The minimum atomic E-state index is -1.18. The molecule has 1 N–H and O–H groups in total. The molecule has 0 aliphatic carbocycles. The molecule has 5 nitrogen and oxygen atoms in total. The number of hydrogen-bond acceptors (Lipinski definition) is 3. The highest BCUT2D eigenvalue weighted by molar-refractivity contribution is 5.98. The summed E-state index contributed by atoms with van der Waals surface area (Å²) in [6.07, 6.45) is 3.64. The van der Waals surface area contributed by atoms with Crippen LogP contribution in [0.5, 0.6) is 5.75 Å². The van der Waals surface area contributed by atoms with E-state index in [4.69, 9.17) is 4.74 Å². The van der Waals surface area contributed by atoms with Gasteiger partial charge in [0.25, 0.3) is 5.91 Å². The predicted molar refractivity (Wildman–Crippen MR) is 121 cm³/mol. The average molecular weight is 475 g/mol. The Balaban J connectivity index is 1.35. The van der Waals surface area contributed by atoms with Crippen molar-refractivity contribution in [2.24, 2.45) is 11.8 Å². The van der Waals surface area contributed by atoms with Crippen molar-refractivity contribution in [1.82, 2.24) is 10.2 Å². The number of nitrogens with zero attached hydrogens (tertiary/aromatic N) is 1. The second-order valence-electron chi connectivity index (χ2n) is 9.34. The number of benzene rings is 2. The van der Waals surface area contributed by atoms with Crippen LogP contribution in [-0.4, -0.2) is 42.5 Å². The van der Waals surface area contributed by atoms with Gasteiger partial charge in [0, 0.05) is 18.2 Å². The largest absolute Gasteiger partial charge is 0.496 e. The summed E-state index contributed by atoms with van der Waals surface area (Å²) in [5, 5.41) is 2.70. The Morgan fingerprint density at radius 3 is 2.38 bits per heavy atom. The van der Waals surface area contributed by atoms with E-state index in [1.165, 1.54) is 7.11 Å². The molecule has 2 saturated heterocycles. The molecule has 2 aromatic rings. The molecule has 8 heteroatoms. The molecule has 0 aromatic heterocycles. The van der Waals surface area contributed by atoms with Crippen LogP contribution in [0.4, 0.5) is 13.2 Å². The lowest BCUT2D eigenvalue weighted by atomic mass is 9.79. The Morgan fingerprint density at radius 1 is 1.06 bits per heavy atom. The van der Waals surface area contributed by atoms with Gasteiger partial charge in [-0.05, 0) is 67.7 Å². The van der Waals surface area contributed by atoms with Gasteiger partial charge in [-0.3, -0.25) is 9.59 Å². The van der Waals surface area contributed by atoms with Crippen LogP contribution >= 0.6 is 0 Å². The highest BCUT2D eigenvalue weighted by Gasteiger charge is 2.44. The van der Waals surface area contributed by atoms with Crippen LogP contribution in [0.1, 0.15) is 48.5 Å². The number of fused-ring (bicyclic) bond motifs is 2. The van der Waals surface area contributed by atoms with E-state index < -0.39 is 17.5 Å². The molecule has 4 rings (SSSR count). The molecule has 34 heavy (non-hydrogen) atoms. The topological polar surface area (TPSA) is 58.6 Å². The number of halogens is 3. The Bertz CT molecular complexity index is 1060. The highest BCUT2D eigenvalue weighted by Crippen LogP contribution is 2.42. The first-order chi connectivity index (χ1) is 16.3. The van der Waals surface area contributed by atoms with E-state index in [9.17, 15) is 22.8 Å². The zero-order valence-corrected chi connectivity index (χ0v) is 19.3. The molecule has 0 spiro atoms. The van der Waals surface area contributed by atoms with Crippen molar-refractivity contribution in [3.05, 3.63) is 65.0 Å². The lowest BCUT2D eigenvalue weighted by molar-refractivity contribution is -0.135. The number of methoxy groups -OCH3 is 1. The molecule has 2 aromatic carbocycles. The van der Waals surface area contributed by atoms with Gasteiger partial charge in [-0.2, -0.15) is 0 Å². The first kappa shape index (κ1) is 24.1. The molecule has 4 atom stereocenters.